The van der Waals surface area contributed by atoms with Crippen LogP contribution < -0.4 is 15.5 Å². The fourth-order valence-electron chi connectivity index (χ4n) is 4.21. The normalized spacial score (nSPS) is 27.0. The number of anilines is 2. The molecule has 0 spiro atoms. The van der Waals surface area contributed by atoms with Crippen LogP contribution in [-0.2, 0) is 9.53 Å². The summed E-state index contributed by atoms with van der Waals surface area (Å²) in [7, 11) is 0. The van der Waals surface area contributed by atoms with Crippen LogP contribution in [0.15, 0.2) is 18.2 Å². The molecule has 2 aliphatic heterocycles. The smallest absolute Gasteiger partial charge is 0.410 e. The average molecular weight is 419 g/mol. The molecule has 0 aliphatic carbocycles. The lowest BCUT2D eigenvalue weighted by molar-refractivity contribution is -0.119. The zero-order valence-corrected chi connectivity index (χ0v) is 18.8. The number of ether oxygens (including phenoxy) is 1. The Bertz CT molecular complexity index is 822. The molecule has 4 atom stereocenters. The maximum absolute atomic E-state index is 12.5. The van der Waals surface area contributed by atoms with Gasteiger partial charge in [-0.3, -0.25) is 9.69 Å². The lowest BCUT2D eigenvalue weighted by atomic mass is 9.87. The Morgan fingerprint density at radius 3 is 2.43 bits per heavy atom. The summed E-state index contributed by atoms with van der Waals surface area (Å²) < 4.78 is 5.52. The van der Waals surface area contributed by atoms with Gasteiger partial charge >= 0.3 is 6.09 Å². The molecule has 0 saturated carbocycles. The first kappa shape index (κ1) is 22.4. The highest BCUT2D eigenvalue weighted by Crippen LogP contribution is 2.40. The molecule has 0 bridgehead atoms. The van der Waals surface area contributed by atoms with Crippen LogP contribution in [-0.4, -0.2) is 59.5 Å². The summed E-state index contributed by atoms with van der Waals surface area (Å²) in [5.74, 6) is -0.491. The van der Waals surface area contributed by atoms with Crippen molar-refractivity contribution >= 4 is 23.4 Å². The third kappa shape index (κ3) is 4.25. The van der Waals surface area contributed by atoms with E-state index in [1.165, 1.54) is 11.8 Å². The second-order valence-corrected chi connectivity index (χ2v) is 9.40. The summed E-state index contributed by atoms with van der Waals surface area (Å²) in [6.07, 6.45) is -1.23. The van der Waals surface area contributed by atoms with Crippen LogP contribution in [0.5, 0.6) is 0 Å². The van der Waals surface area contributed by atoms with Crippen molar-refractivity contribution in [2.24, 2.45) is 11.7 Å². The second-order valence-electron chi connectivity index (χ2n) is 9.40. The molecule has 2 heterocycles. The standard InChI is InChI=1S/C22H34N4O4/c1-13-12-24(9-10-25(13)21(29)30-22(4,5)6)16-7-8-18-17(11-16)19(23)14(2)20(28)26(18)15(3)27/h7-8,11,13-14,19-20,28H,9-10,12,23H2,1-6H3/t13-,14-,19-,20+/m1/s1. The van der Waals surface area contributed by atoms with Crippen LogP contribution in [0.1, 0.15) is 53.1 Å². The summed E-state index contributed by atoms with van der Waals surface area (Å²) in [4.78, 5) is 30.0. The molecule has 0 unspecified atom stereocenters. The molecular formula is C22H34N4O4. The van der Waals surface area contributed by atoms with Gasteiger partial charge in [0.15, 0.2) is 0 Å². The zero-order chi connectivity index (χ0) is 22.4. The average Bonchev–Trinajstić information content (AvgIpc) is 2.64. The summed E-state index contributed by atoms with van der Waals surface area (Å²) in [5.41, 5.74) is 8.38. The number of piperazine rings is 1. The zero-order valence-electron chi connectivity index (χ0n) is 18.8. The van der Waals surface area contributed by atoms with Crippen LogP contribution in [0.4, 0.5) is 16.2 Å². The number of hydrogen-bond acceptors (Lipinski definition) is 6. The molecule has 2 aliphatic rings. The number of aliphatic hydroxyl groups is 1. The highest BCUT2D eigenvalue weighted by molar-refractivity contribution is 5.94. The lowest BCUT2D eigenvalue weighted by Gasteiger charge is -2.43. The molecule has 166 valence electrons. The maximum atomic E-state index is 12.5. The molecule has 8 nitrogen and oxygen atoms in total. The topological polar surface area (TPSA) is 99.3 Å². The third-order valence-corrected chi connectivity index (χ3v) is 5.89. The molecule has 0 aromatic heterocycles. The largest absolute Gasteiger partial charge is 0.444 e. The number of rotatable bonds is 1. The Labute approximate surface area is 178 Å². The van der Waals surface area contributed by atoms with E-state index in [2.05, 4.69) is 4.90 Å². The molecule has 3 rings (SSSR count). The SMILES string of the molecule is CC(=O)N1c2ccc(N3CCN(C(=O)OC(C)(C)C)[C@H](C)C3)cc2[C@H](N)[C@@H](C)[C@@H]1O. The monoisotopic (exact) mass is 418 g/mol. The van der Waals surface area contributed by atoms with Crippen LogP contribution in [0, 0.1) is 5.92 Å². The number of amides is 2. The Kier molecular flexibility index (Phi) is 6.02. The lowest BCUT2D eigenvalue weighted by Crippen LogP contribution is -2.55. The van der Waals surface area contributed by atoms with Crippen LogP contribution in [0.25, 0.3) is 0 Å². The minimum absolute atomic E-state index is 0.00669. The van der Waals surface area contributed by atoms with Crippen molar-refractivity contribution in [2.75, 3.05) is 29.4 Å². The van der Waals surface area contributed by atoms with Crippen LogP contribution in [0.2, 0.25) is 0 Å². The quantitative estimate of drug-likeness (QED) is 0.727. The van der Waals surface area contributed by atoms with Gasteiger partial charge in [-0.05, 0) is 51.5 Å². The Hall–Kier alpha value is -2.32. The maximum Gasteiger partial charge on any atom is 0.410 e. The summed E-state index contributed by atoms with van der Waals surface area (Å²) in [6, 6.07) is 5.43. The molecule has 8 heteroatoms. The van der Waals surface area contributed by atoms with E-state index in [0.717, 1.165) is 11.3 Å². The molecule has 1 aromatic rings. The van der Waals surface area contributed by atoms with Gasteiger partial charge in [0.25, 0.3) is 0 Å². The molecule has 1 fully saturated rings. The molecular weight excluding hydrogens is 384 g/mol. The van der Waals surface area contributed by atoms with Gasteiger partial charge in [-0.1, -0.05) is 6.92 Å². The van der Waals surface area contributed by atoms with Crippen molar-refractivity contribution in [3.63, 3.8) is 0 Å². The predicted octanol–water partition coefficient (Wildman–Crippen LogP) is 2.45. The highest BCUT2D eigenvalue weighted by Gasteiger charge is 2.38. The molecule has 2 amide bonds. The van der Waals surface area contributed by atoms with Gasteiger partial charge in [-0.15, -0.1) is 0 Å². The van der Waals surface area contributed by atoms with E-state index in [1.54, 1.807) is 4.90 Å². The molecule has 3 N–H and O–H groups in total. The fraction of sp³-hybridized carbons (Fsp3) is 0.636. The van der Waals surface area contributed by atoms with Gasteiger partial charge in [0.05, 0.1) is 5.69 Å². The van der Waals surface area contributed by atoms with E-state index in [4.69, 9.17) is 10.5 Å². The first-order valence-electron chi connectivity index (χ1n) is 10.5. The minimum atomic E-state index is -0.937. The third-order valence-electron chi connectivity index (χ3n) is 5.89. The van der Waals surface area contributed by atoms with E-state index in [1.807, 2.05) is 52.8 Å². The summed E-state index contributed by atoms with van der Waals surface area (Å²) in [5, 5.41) is 10.5. The Balaban J connectivity index is 1.81. The number of carbonyl (C=O) groups is 2. The van der Waals surface area contributed by atoms with E-state index in [-0.39, 0.29) is 30.0 Å². The second kappa shape index (κ2) is 8.07. The highest BCUT2D eigenvalue weighted by atomic mass is 16.6. The van der Waals surface area contributed by atoms with Crippen LogP contribution in [0.3, 0.4) is 0 Å². The van der Waals surface area contributed by atoms with Gasteiger partial charge in [0.2, 0.25) is 5.91 Å². The van der Waals surface area contributed by atoms with Gasteiger partial charge in [0, 0.05) is 50.2 Å². The van der Waals surface area contributed by atoms with E-state index < -0.39 is 11.8 Å². The summed E-state index contributed by atoms with van der Waals surface area (Å²) in [6.45, 7) is 12.8. The number of nitrogens with two attached hydrogens (primary N) is 1. The number of hydrogen-bond donors (Lipinski definition) is 2. The predicted molar refractivity (Wildman–Crippen MR) is 116 cm³/mol. The van der Waals surface area contributed by atoms with E-state index in [0.29, 0.717) is 25.3 Å². The van der Waals surface area contributed by atoms with E-state index in [9.17, 15) is 14.7 Å². The first-order chi connectivity index (χ1) is 13.9. The van der Waals surface area contributed by atoms with Crippen molar-refractivity contribution in [1.82, 2.24) is 4.90 Å². The van der Waals surface area contributed by atoms with Gasteiger partial charge in [0.1, 0.15) is 11.8 Å². The molecule has 1 saturated heterocycles. The first-order valence-corrected chi connectivity index (χ1v) is 10.5. The minimum Gasteiger partial charge on any atom is -0.444 e. The molecule has 30 heavy (non-hydrogen) atoms. The molecule has 1 aromatic carbocycles. The molecule has 0 radical (unpaired) electrons. The summed E-state index contributed by atoms with van der Waals surface area (Å²) >= 11 is 0. The van der Waals surface area contributed by atoms with Gasteiger partial charge < -0.3 is 25.4 Å². The van der Waals surface area contributed by atoms with E-state index >= 15 is 0 Å². The number of carbonyl (C=O) groups excluding carboxylic acids is 2. The van der Waals surface area contributed by atoms with Crippen molar-refractivity contribution in [3.05, 3.63) is 23.8 Å². The number of fused-ring (bicyclic) bond motifs is 1. The van der Waals surface area contributed by atoms with Crippen LogP contribution >= 0.6 is 0 Å². The Morgan fingerprint density at radius 1 is 1.20 bits per heavy atom. The van der Waals surface area contributed by atoms with Crippen molar-refractivity contribution in [2.45, 2.75) is 65.5 Å². The fourth-order valence-corrected chi connectivity index (χ4v) is 4.21. The van der Waals surface area contributed by atoms with Crippen molar-refractivity contribution in [1.29, 1.82) is 0 Å². The Morgan fingerprint density at radius 2 is 1.87 bits per heavy atom. The van der Waals surface area contributed by atoms with Crippen molar-refractivity contribution in [3.8, 4) is 0 Å². The number of aliphatic hydroxyl groups excluding tert-OH is 1. The number of nitrogens with zero attached hydrogens (tertiary/aromatic N) is 3. The number of benzene rings is 1. The van der Waals surface area contributed by atoms with Gasteiger partial charge in [-0.25, -0.2) is 4.79 Å². The van der Waals surface area contributed by atoms with Gasteiger partial charge in [-0.2, -0.15) is 0 Å². The van der Waals surface area contributed by atoms with Crippen molar-refractivity contribution < 1.29 is 19.4 Å².